The largest absolute Gasteiger partial charge is 0.322 e. The Bertz CT molecular complexity index is 1420. The average molecular weight is 553 g/mol. The van der Waals surface area contributed by atoms with Gasteiger partial charge in [-0.3, -0.25) is 9.59 Å². The van der Waals surface area contributed by atoms with Crippen LogP contribution < -0.4 is 10.7 Å². The van der Waals surface area contributed by atoms with Crippen LogP contribution >= 0.6 is 11.3 Å². The molecule has 8 nitrogen and oxygen atoms in total. The van der Waals surface area contributed by atoms with Gasteiger partial charge in [0.2, 0.25) is 15.9 Å². The molecule has 200 valence electrons. The Kier molecular flexibility index (Phi) is 8.76. The summed E-state index contributed by atoms with van der Waals surface area (Å²) >= 11 is 1.57. The normalized spacial score (nSPS) is 15.3. The van der Waals surface area contributed by atoms with E-state index in [2.05, 4.69) is 22.8 Å². The van der Waals surface area contributed by atoms with Crippen LogP contribution in [0.2, 0.25) is 0 Å². The van der Waals surface area contributed by atoms with E-state index >= 15 is 0 Å². The van der Waals surface area contributed by atoms with Crippen LogP contribution in [0.4, 0.5) is 5.69 Å². The van der Waals surface area contributed by atoms with E-state index in [1.165, 1.54) is 4.31 Å². The molecule has 0 atom stereocenters. The maximum atomic E-state index is 12.9. The SMILES string of the molecule is CCc1cc(C(=O)Nc2ccc(C(C)=NNC(=O)C3CCN(S(=O)(=O)c4ccc(C)cc4)CC3)cc2)cs1. The minimum atomic E-state index is -3.57. The molecule has 3 aromatic rings. The Morgan fingerprint density at radius 2 is 1.68 bits per heavy atom. The number of rotatable bonds is 8. The summed E-state index contributed by atoms with van der Waals surface area (Å²) in [7, 11) is -3.57. The molecule has 1 aromatic heterocycles. The minimum absolute atomic E-state index is 0.149. The van der Waals surface area contributed by atoms with Crippen LogP contribution in [-0.2, 0) is 21.2 Å². The summed E-state index contributed by atoms with van der Waals surface area (Å²) in [5.74, 6) is -0.675. The van der Waals surface area contributed by atoms with E-state index in [-0.39, 0.29) is 35.7 Å². The van der Waals surface area contributed by atoms with Gasteiger partial charge in [-0.05, 0) is 69.0 Å². The second-order valence-corrected chi connectivity index (χ2v) is 12.3. The molecule has 38 heavy (non-hydrogen) atoms. The summed E-state index contributed by atoms with van der Waals surface area (Å²) in [6, 6.07) is 16.0. The summed E-state index contributed by atoms with van der Waals surface area (Å²) in [5.41, 5.74) is 6.39. The van der Waals surface area contributed by atoms with E-state index in [1.54, 1.807) is 54.7 Å². The number of hydrogen-bond donors (Lipinski definition) is 2. The van der Waals surface area contributed by atoms with E-state index in [1.807, 2.05) is 30.5 Å². The Morgan fingerprint density at radius 3 is 2.29 bits per heavy atom. The molecule has 2 aromatic carbocycles. The first kappa shape index (κ1) is 27.7. The van der Waals surface area contributed by atoms with Crippen molar-refractivity contribution in [2.75, 3.05) is 18.4 Å². The van der Waals surface area contributed by atoms with Crippen molar-refractivity contribution in [2.45, 2.75) is 44.9 Å². The van der Waals surface area contributed by atoms with Gasteiger partial charge in [0.1, 0.15) is 0 Å². The first-order valence-corrected chi connectivity index (χ1v) is 14.9. The molecule has 0 saturated carbocycles. The van der Waals surface area contributed by atoms with Crippen molar-refractivity contribution in [1.82, 2.24) is 9.73 Å². The average Bonchev–Trinajstić information content (AvgIpc) is 3.42. The molecule has 0 aliphatic carbocycles. The first-order chi connectivity index (χ1) is 18.2. The van der Waals surface area contributed by atoms with Gasteiger partial charge in [-0.25, -0.2) is 13.8 Å². The topological polar surface area (TPSA) is 108 Å². The van der Waals surface area contributed by atoms with E-state index < -0.39 is 10.0 Å². The van der Waals surface area contributed by atoms with Crippen LogP contribution in [0.3, 0.4) is 0 Å². The molecule has 0 bridgehead atoms. The molecule has 0 unspecified atom stereocenters. The summed E-state index contributed by atoms with van der Waals surface area (Å²) in [4.78, 5) is 26.6. The fourth-order valence-corrected chi connectivity index (χ4v) is 6.48. The summed E-state index contributed by atoms with van der Waals surface area (Å²) in [5, 5.41) is 8.99. The van der Waals surface area contributed by atoms with Gasteiger partial charge in [-0.1, -0.05) is 36.8 Å². The number of anilines is 1. The zero-order valence-corrected chi connectivity index (χ0v) is 23.4. The number of benzene rings is 2. The van der Waals surface area contributed by atoms with Crippen LogP contribution in [0.25, 0.3) is 0 Å². The molecule has 2 heterocycles. The molecular weight excluding hydrogens is 520 g/mol. The second kappa shape index (κ2) is 12.0. The maximum absolute atomic E-state index is 12.9. The first-order valence-electron chi connectivity index (χ1n) is 12.6. The van der Waals surface area contributed by atoms with Gasteiger partial charge in [0.15, 0.2) is 0 Å². The number of piperidine rings is 1. The van der Waals surface area contributed by atoms with E-state index in [4.69, 9.17) is 0 Å². The number of nitrogens with zero attached hydrogens (tertiary/aromatic N) is 2. The van der Waals surface area contributed by atoms with Gasteiger partial charge >= 0.3 is 0 Å². The van der Waals surface area contributed by atoms with Crippen LogP contribution in [-0.4, -0.2) is 43.3 Å². The molecule has 0 radical (unpaired) electrons. The maximum Gasteiger partial charge on any atom is 0.256 e. The Balaban J connectivity index is 1.28. The monoisotopic (exact) mass is 552 g/mol. The molecule has 2 N–H and O–H groups in total. The molecular formula is C28H32N4O4S2. The predicted molar refractivity (Wildman–Crippen MR) is 151 cm³/mol. The van der Waals surface area contributed by atoms with E-state index in [0.29, 0.717) is 29.8 Å². The highest BCUT2D eigenvalue weighted by atomic mass is 32.2. The fourth-order valence-electron chi connectivity index (χ4n) is 4.20. The van der Waals surface area contributed by atoms with Gasteiger partial charge in [0.25, 0.3) is 5.91 Å². The van der Waals surface area contributed by atoms with Crippen molar-refractivity contribution in [1.29, 1.82) is 0 Å². The Labute approximate surface area is 227 Å². The van der Waals surface area contributed by atoms with Gasteiger partial charge in [0.05, 0.1) is 16.2 Å². The second-order valence-electron chi connectivity index (χ2n) is 9.35. The number of carbonyl (C=O) groups is 2. The number of nitrogens with one attached hydrogen (secondary N) is 2. The minimum Gasteiger partial charge on any atom is -0.322 e. The molecule has 1 fully saturated rings. The Morgan fingerprint density at radius 1 is 1.03 bits per heavy atom. The molecule has 1 aliphatic rings. The number of aryl methyl sites for hydroxylation is 2. The molecule has 1 saturated heterocycles. The third kappa shape index (κ3) is 6.56. The molecule has 1 aliphatic heterocycles. The zero-order valence-electron chi connectivity index (χ0n) is 21.7. The third-order valence-corrected chi connectivity index (χ3v) is 9.64. The van der Waals surface area contributed by atoms with E-state index in [0.717, 1.165) is 22.4 Å². The highest BCUT2D eigenvalue weighted by Crippen LogP contribution is 2.24. The lowest BCUT2D eigenvalue weighted by Gasteiger charge is -2.30. The third-order valence-electron chi connectivity index (χ3n) is 6.64. The number of amides is 2. The van der Waals surface area contributed by atoms with Crippen LogP contribution in [0, 0.1) is 12.8 Å². The number of hydrazone groups is 1. The van der Waals surface area contributed by atoms with Gasteiger partial charge in [-0.15, -0.1) is 11.3 Å². The standard InChI is InChI=1S/C28H32N4O4S2/c1-4-25-17-23(18-37-25)27(33)29-24-9-7-21(8-10-24)20(3)30-31-28(34)22-13-15-32(16-14-22)38(35,36)26-11-5-19(2)6-12-26/h5-12,17-18,22H,4,13-16H2,1-3H3,(H,29,33)(H,31,34). The number of carbonyl (C=O) groups excluding carboxylic acids is 2. The highest BCUT2D eigenvalue weighted by molar-refractivity contribution is 7.89. The smallest absolute Gasteiger partial charge is 0.256 e. The number of thiophene rings is 1. The zero-order chi connectivity index (χ0) is 27.3. The lowest BCUT2D eigenvalue weighted by molar-refractivity contribution is -0.126. The van der Waals surface area contributed by atoms with Crippen LogP contribution in [0.15, 0.2) is 70.0 Å². The summed E-state index contributed by atoms with van der Waals surface area (Å²) in [6.45, 7) is 6.34. The van der Waals surface area contributed by atoms with Crippen molar-refractivity contribution in [2.24, 2.45) is 11.0 Å². The predicted octanol–water partition coefficient (Wildman–Crippen LogP) is 4.81. The van der Waals surface area contributed by atoms with Gasteiger partial charge < -0.3 is 5.32 Å². The number of sulfonamides is 1. The van der Waals surface area contributed by atoms with Crippen LogP contribution in [0.5, 0.6) is 0 Å². The summed E-state index contributed by atoms with van der Waals surface area (Å²) < 4.78 is 27.2. The molecule has 2 amide bonds. The Hall–Kier alpha value is -3.34. The molecule has 4 rings (SSSR count). The molecule has 0 spiro atoms. The van der Waals surface area contributed by atoms with Crippen molar-refractivity contribution < 1.29 is 18.0 Å². The van der Waals surface area contributed by atoms with Crippen molar-refractivity contribution in [3.63, 3.8) is 0 Å². The van der Waals surface area contributed by atoms with Crippen molar-refractivity contribution in [3.8, 4) is 0 Å². The van der Waals surface area contributed by atoms with Crippen molar-refractivity contribution >= 4 is 44.6 Å². The number of hydrogen-bond acceptors (Lipinski definition) is 6. The quantitative estimate of drug-likeness (QED) is 0.309. The van der Waals surface area contributed by atoms with Crippen molar-refractivity contribution in [3.05, 3.63) is 81.5 Å². The highest BCUT2D eigenvalue weighted by Gasteiger charge is 2.32. The van der Waals surface area contributed by atoms with Crippen LogP contribution in [0.1, 0.15) is 53.1 Å². The van der Waals surface area contributed by atoms with E-state index in [9.17, 15) is 18.0 Å². The fraction of sp³-hybridized carbons (Fsp3) is 0.321. The molecule has 10 heteroatoms. The lowest BCUT2D eigenvalue weighted by atomic mass is 9.98. The van der Waals surface area contributed by atoms with Gasteiger partial charge in [0, 0.05) is 35.0 Å². The lowest BCUT2D eigenvalue weighted by Crippen LogP contribution is -2.42. The summed E-state index contributed by atoms with van der Waals surface area (Å²) in [6.07, 6.45) is 1.77. The van der Waals surface area contributed by atoms with Gasteiger partial charge in [-0.2, -0.15) is 9.41 Å².